The summed E-state index contributed by atoms with van der Waals surface area (Å²) in [4.78, 5) is 14.9. The van der Waals surface area contributed by atoms with Crippen molar-refractivity contribution in [2.75, 3.05) is 19.1 Å². The zero-order valence-corrected chi connectivity index (χ0v) is 12.8. The van der Waals surface area contributed by atoms with Gasteiger partial charge in [-0.1, -0.05) is 12.2 Å². The first-order valence-corrected chi connectivity index (χ1v) is 7.12. The van der Waals surface area contributed by atoms with Crippen LogP contribution < -0.4 is 15.4 Å². The van der Waals surface area contributed by atoms with Crippen LogP contribution in [0.2, 0.25) is 0 Å². The molecule has 2 rings (SSSR count). The van der Waals surface area contributed by atoms with E-state index in [-0.39, 0.29) is 5.91 Å². The number of hydrogen-bond acceptors (Lipinski definition) is 4. The molecular weight excluding hydrogens is 292 g/mol. The molecule has 0 spiro atoms. The minimum absolute atomic E-state index is 0.0821. The summed E-state index contributed by atoms with van der Waals surface area (Å²) < 4.78 is 5.08. The van der Waals surface area contributed by atoms with Gasteiger partial charge in [0.2, 0.25) is 0 Å². The number of anilines is 1. The molecule has 0 radical (unpaired) electrons. The van der Waals surface area contributed by atoms with Gasteiger partial charge in [0.15, 0.2) is 0 Å². The Bertz CT molecular complexity index is 635. The van der Waals surface area contributed by atoms with Crippen LogP contribution in [0, 0.1) is 0 Å². The monoisotopic (exact) mass is 306 g/mol. The molecule has 0 aliphatic carbocycles. The van der Waals surface area contributed by atoms with Crippen molar-refractivity contribution in [1.29, 1.82) is 0 Å². The van der Waals surface area contributed by atoms with Crippen LogP contribution in [-0.4, -0.2) is 25.1 Å². The molecule has 1 heterocycles. The lowest BCUT2D eigenvalue weighted by Crippen LogP contribution is -2.25. The van der Waals surface area contributed by atoms with Gasteiger partial charge in [0.05, 0.1) is 12.0 Å². The van der Waals surface area contributed by atoms with Gasteiger partial charge in [-0.2, -0.15) is 0 Å². The first kappa shape index (κ1) is 14.5. The Hall–Kier alpha value is -1.92. The van der Waals surface area contributed by atoms with E-state index in [1.165, 1.54) is 11.3 Å². The molecule has 0 fully saturated rings. The lowest BCUT2D eigenvalue weighted by molar-refractivity contribution is 0.0996. The van der Waals surface area contributed by atoms with E-state index in [9.17, 15) is 4.79 Å². The number of methoxy groups -OCH3 is 1. The predicted octanol–water partition coefficient (Wildman–Crippen LogP) is 2.67. The Morgan fingerprint density at radius 1 is 1.35 bits per heavy atom. The lowest BCUT2D eigenvalue weighted by atomic mass is 10.2. The lowest BCUT2D eigenvalue weighted by Gasteiger charge is -2.16. The van der Waals surface area contributed by atoms with Gasteiger partial charge in [-0.05, 0) is 24.3 Å². The van der Waals surface area contributed by atoms with Gasteiger partial charge in [-0.25, -0.2) is 0 Å². The van der Waals surface area contributed by atoms with Crippen LogP contribution in [-0.2, 0) is 0 Å². The highest BCUT2D eigenvalue weighted by atomic mass is 32.1. The molecule has 0 unspecified atom stereocenters. The van der Waals surface area contributed by atoms with Crippen molar-refractivity contribution in [1.82, 2.24) is 0 Å². The second-order valence-electron chi connectivity index (χ2n) is 4.13. The van der Waals surface area contributed by atoms with Gasteiger partial charge in [0.25, 0.3) is 5.91 Å². The Kier molecular flexibility index (Phi) is 4.36. The Morgan fingerprint density at radius 3 is 2.50 bits per heavy atom. The smallest absolute Gasteiger partial charge is 0.268 e. The summed E-state index contributed by atoms with van der Waals surface area (Å²) >= 11 is 6.26. The molecule has 0 saturated carbocycles. The summed E-state index contributed by atoms with van der Waals surface area (Å²) in [7, 11) is 3.30. The number of thiophene rings is 1. The summed E-state index contributed by atoms with van der Waals surface area (Å²) in [5.41, 5.74) is 7.11. The fraction of sp³-hybridized carbons (Fsp3) is 0.143. The molecule has 1 amide bonds. The van der Waals surface area contributed by atoms with E-state index in [1.54, 1.807) is 42.6 Å². The van der Waals surface area contributed by atoms with Crippen LogP contribution >= 0.6 is 23.6 Å². The number of hydrogen-bond donors (Lipinski definition) is 1. The van der Waals surface area contributed by atoms with Gasteiger partial charge in [0, 0.05) is 29.7 Å². The number of thiocarbonyl (C=S) groups is 1. The molecule has 1 aromatic heterocycles. The Labute approximate surface area is 126 Å². The van der Waals surface area contributed by atoms with Crippen molar-refractivity contribution in [2.24, 2.45) is 5.73 Å². The Balaban J connectivity index is 2.19. The standard InChI is InChI=1S/C14H14N2O2S2/c1-16(10-5-3-9(4-6-10)13(15)19)14(17)12-7-11(18-2)8-20-12/h3-8H,1-2H3,(H2,15,19). The number of carbonyl (C=O) groups excluding carboxylic acids is 1. The normalized spacial score (nSPS) is 10.1. The molecule has 104 valence electrons. The van der Waals surface area contributed by atoms with E-state index in [2.05, 4.69) is 0 Å². The molecule has 0 aliphatic heterocycles. The zero-order valence-electron chi connectivity index (χ0n) is 11.1. The fourth-order valence-electron chi connectivity index (χ4n) is 1.67. The average molecular weight is 306 g/mol. The Morgan fingerprint density at radius 2 is 2.00 bits per heavy atom. The van der Waals surface area contributed by atoms with E-state index in [4.69, 9.17) is 22.7 Å². The van der Waals surface area contributed by atoms with Crippen molar-refractivity contribution < 1.29 is 9.53 Å². The predicted molar refractivity (Wildman–Crippen MR) is 85.9 cm³/mol. The molecule has 6 heteroatoms. The summed E-state index contributed by atoms with van der Waals surface area (Å²) in [6.45, 7) is 0. The molecule has 2 N–H and O–H groups in total. The average Bonchev–Trinajstić information content (AvgIpc) is 2.94. The van der Waals surface area contributed by atoms with E-state index < -0.39 is 0 Å². The van der Waals surface area contributed by atoms with E-state index >= 15 is 0 Å². The maximum Gasteiger partial charge on any atom is 0.268 e. The highest BCUT2D eigenvalue weighted by molar-refractivity contribution is 7.80. The van der Waals surface area contributed by atoms with Gasteiger partial charge in [0.1, 0.15) is 10.7 Å². The third kappa shape index (κ3) is 2.97. The molecule has 1 aromatic carbocycles. The molecular formula is C14H14N2O2S2. The van der Waals surface area contributed by atoms with Crippen LogP contribution in [0.1, 0.15) is 15.2 Å². The molecule has 2 aromatic rings. The fourth-order valence-corrected chi connectivity index (χ4v) is 2.64. The van der Waals surface area contributed by atoms with Crippen molar-refractivity contribution in [2.45, 2.75) is 0 Å². The minimum Gasteiger partial charge on any atom is -0.496 e. The number of benzene rings is 1. The van der Waals surface area contributed by atoms with E-state index in [0.717, 1.165) is 11.3 Å². The second-order valence-corrected chi connectivity index (χ2v) is 5.48. The summed E-state index contributed by atoms with van der Waals surface area (Å²) in [6, 6.07) is 8.97. The quantitative estimate of drug-likeness (QED) is 0.882. The summed E-state index contributed by atoms with van der Waals surface area (Å²) in [5.74, 6) is 0.608. The highest BCUT2D eigenvalue weighted by Gasteiger charge is 2.16. The number of carbonyl (C=O) groups is 1. The topological polar surface area (TPSA) is 55.6 Å². The van der Waals surface area contributed by atoms with Crippen molar-refractivity contribution in [3.8, 4) is 5.75 Å². The molecule has 20 heavy (non-hydrogen) atoms. The van der Waals surface area contributed by atoms with E-state index in [1.807, 2.05) is 12.1 Å². The van der Waals surface area contributed by atoms with Gasteiger partial charge >= 0.3 is 0 Å². The van der Waals surface area contributed by atoms with Crippen molar-refractivity contribution in [3.63, 3.8) is 0 Å². The number of amides is 1. The molecule has 0 aliphatic rings. The second kappa shape index (κ2) is 6.02. The van der Waals surface area contributed by atoms with Crippen LogP contribution in [0.5, 0.6) is 5.75 Å². The third-order valence-electron chi connectivity index (χ3n) is 2.87. The van der Waals surface area contributed by atoms with E-state index in [0.29, 0.717) is 15.6 Å². The maximum atomic E-state index is 12.3. The number of rotatable bonds is 4. The van der Waals surface area contributed by atoms with Crippen molar-refractivity contribution >= 4 is 40.1 Å². The van der Waals surface area contributed by atoms with Crippen LogP contribution in [0.4, 0.5) is 5.69 Å². The molecule has 0 atom stereocenters. The maximum absolute atomic E-state index is 12.3. The SMILES string of the molecule is COc1csc(C(=O)N(C)c2ccc(C(N)=S)cc2)c1. The van der Waals surface area contributed by atoms with Crippen LogP contribution in [0.25, 0.3) is 0 Å². The van der Waals surface area contributed by atoms with Crippen LogP contribution in [0.3, 0.4) is 0 Å². The van der Waals surface area contributed by atoms with Gasteiger partial charge in [-0.15, -0.1) is 11.3 Å². The molecule has 0 saturated heterocycles. The minimum atomic E-state index is -0.0821. The number of nitrogens with zero attached hydrogens (tertiary/aromatic N) is 1. The van der Waals surface area contributed by atoms with Crippen molar-refractivity contribution in [3.05, 3.63) is 46.2 Å². The largest absolute Gasteiger partial charge is 0.496 e. The summed E-state index contributed by atoms with van der Waals surface area (Å²) in [6.07, 6.45) is 0. The summed E-state index contributed by atoms with van der Waals surface area (Å²) in [5, 5.41) is 1.80. The van der Waals surface area contributed by atoms with Gasteiger partial charge < -0.3 is 15.4 Å². The number of ether oxygens (including phenoxy) is 1. The molecule has 4 nitrogen and oxygen atoms in total. The highest BCUT2D eigenvalue weighted by Crippen LogP contribution is 2.24. The third-order valence-corrected chi connectivity index (χ3v) is 4.00. The number of nitrogens with two attached hydrogens (primary N) is 1. The van der Waals surface area contributed by atoms with Gasteiger partial charge in [-0.3, -0.25) is 4.79 Å². The zero-order chi connectivity index (χ0) is 14.7. The van der Waals surface area contributed by atoms with Crippen LogP contribution in [0.15, 0.2) is 35.7 Å². The first-order valence-electron chi connectivity index (χ1n) is 5.83. The first-order chi connectivity index (χ1) is 9.52. The molecule has 0 bridgehead atoms.